The van der Waals surface area contributed by atoms with Gasteiger partial charge in [-0.2, -0.15) is 5.10 Å². The molecule has 31 heavy (non-hydrogen) atoms. The number of carbonyl (C=O) groups is 1. The molecule has 0 bridgehead atoms. The summed E-state index contributed by atoms with van der Waals surface area (Å²) in [7, 11) is 1.66. The van der Waals surface area contributed by atoms with Crippen LogP contribution in [0.1, 0.15) is 41.2 Å². The van der Waals surface area contributed by atoms with Gasteiger partial charge in [0, 0.05) is 34.3 Å². The number of thiophene rings is 1. The molecule has 0 spiro atoms. The lowest BCUT2D eigenvalue weighted by atomic mass is 10.1. The molecule has 3 heterocycles. The van der Waals surface area contributed by atoms with E-state index in [1.165, 1.54) is 0 Å². The van der Waals surface area contributed by atoms with Crippen LogP contribution in [0.4, 0.5) is 0 Å². The normalized spacial score (nSPS) is 12.1. The Morgan fingerprint density at radius 1 is 1.23 bits per heavy atom. The molecule has 1 atom stereocenters. The van der Waals surface area contributed by atoms with Crippen molar-refractivity contribution >= 4 is 22.9 Å². The molecule has 160 valence electrons. The van der Waals surface area contributed by atoms with Gasteiger partial charge in [-0.3, -0.25) is 4.79 Å². The third-order valence-corrected chi connectivity index (χ3v) is 6.55. The first kappa shape index (κ1) is 21.1. The molecule has 6 nitrogen and oxygen atoms in total. The van der Waals surface area contributed by atoms with Gasteiger partial charge >= 0.3 is 0 Å². The van der Waals surface area contributed by atoms with Gasteiger partial charge in [-0.05, 0) is 56.3 Å². The number of nitrogens with one attached hydrogen (secondary N) is 1. The number of ether oxygens (including phenoxy) is 1. The van der Waals surface area contributed by atoms with Crippen LogP contribution >= 0.6 is 11.3 Å². The highest BCUT2D eigenvalue weighted by Gasteiger charge is 2.17. The van der Waals surface area contributed by atoms with Crippen LogP contribution in [0.2, 0.25) is 0 Å². The van der Waals surface area contributed by atoms with E-state index in [4.69, 9.17) is 14.8 Å². The largest absolute Gasteiger partial charge is 0.496 e. The zero-order valence-electron chi connectivity index (χ0n) is 18.2. The number of carbonyl (C=O) groups excluding carboxylic acids is 1. The van der Waals surface area contributed by atoms with Crippen molar-refractivity contribution in [3.63, 3.8) is 0 Å². The fourth-order valence-corrected chi connectivity index (χ4v) is 4.57. The van der Waals surface area contributed by atoms with E-state index in [0.29, 0.717) is 12.8 Å². The van der Waals surface area contributed by atoms with Crippen molar-refractivity contribution in [2.24, 2.45) is 0 Å². The van der Waals surface area contributed by atoms with Gasteiger partial charge in [-0.15, -0.1) is 11.3 Å². The van der Waals surface area contributed by atoms with E-state index >= 15 is 0 Å². The summed E-state index contributed by atoms with van der Waals surface area (Å²) in [6, 6.07) is 13.8. The number of rotatable bonds is 7. The van der Waals surface area contributed by atoms with E-state index in [-0.39, 0.29) is 11.9 Å². The number of fused-ring (bicyclic) bond motifs is 1. The first-order valence-electron chi connectivity index (χ1n) is 10.3. The molecule has 0 aliphatic rings. The lowest BCUT2D eigenvalue weighted by Crippen LogP contribution is -2.26. The first-order chi connectivity index (χ1) is 15.0. The summed E-state index contributed by atoms with van der Waals surface area (Å²) in [5, 5.41) is 9.88. The summed E-state index contributed by atoms with van der Waals surface area (Å²) >= 11 is 1.65. The standard InChI is InChI=1S/C24H26N4O2S/c1-15-18(11-12-24(29)26-16(2)22-10-7-13-31-22)17(3)28-23(25-15)14-20(27-28)19-8-5-6-9-21(19)30-4/h5-10,13-14,16H,11-12H2,1-4H3,(H,26,29)/t16-/m1/s1. The van der Waals surface area contributed by atoms with Gasteiger partial charge in [-0.25, -0.2) is 9.50 Å². The first-order valence-corrected chi connectivity index (χ1v) is 11.2. The third-order valence-electron chi connectivity index (χ3n) is 5.50. The number of nitrogens with zero attached hydrogens (tertiary/aromatic N) is 3. The molecule has 0 saturated carbocycles. The average molecular weight is 435 g/mol. The van der Waals surface area contributed by atoms with Gasteiger partial charge in [0.05, 0.1) is 18.8 Å². The summed E-state index contributed by atoms with van der Waals surface area (Å²) in [6.45, 7) is 6.03. The van der Waals surface area contributed by atoms with E-state index in [1.54, 1.807) is 18.4 Å². The van der Waals surface area contributed by atoms with E-state index in [2.05, 4.69) is 5.32 Å². The number of methoxy groups -OCH3 is 1. The Hall–Kier alpha value is -3.19. The lowest BCUT2D eigenvalue weighted by Gasteiger charge is -2.14. The van der Waals surface area contributed by atoms with Gasteiger partial charge in [0.25, 0.3) is 0 Å². The molecule has 1 aromatic carbocycles. The maximum atomic E-state index is 12.5. The van der Waals surface area contributed by atoms with Crippen molar-refractivity contribution in [3.8, 4) is 17.0 Å². The van der Waals surface area contributed by atoms with Crippen LogP contribution in [0.25, 0.3) is 16.9 Å². The van der Waals surface area contributed by atoms with Crippen molar-refractivity contribution in [2.45, 2.75) is 39.7 Å². The number of aryl methyl sites for hydroxylation is 2. The fraction of sp³-hybridized carbons (Fsp3) is 0.292. The minimum atomic E-state index is 0.0184. The second kappa shape index (κ2) is 8.89. The quantitative estimate of drug-likeness (QED) is 0.449. The van der Waals surface area contributed by atoms with E-state index < -0.39 is 0 Å². The Labute approximate surface area is 185 Å². The van der Waals surface area contributed by atoms with Crippen LogP contribution in [0.5, 0.6) is 5.75 Å². The zero-order valence-corrected chi connectivity index (χ0v) is 19.0. The summed E-state index contributed by atoms with van der Waals surface area (Å²) < 4.78 is 7.34. The Bertz CT molecular complexity index is 1210. The predicted octanol–water partition coefficient (Wildman–Crippen LogP) is 4.89. The second-order valence-corrected chi connectivity index (χ2v) is 8.54. The van der Waals surface area contributed by atoms with E-state index in [0.717, 1.165) is 44.5 Å². The lowest BCUT2D eigenvalue weighted by molar-refractivity contribution is -0.121. The molecule has 3 aromatic heterocycles. The van der Waals surface area contributed by atoms with Gasteiger partial charge in [0.1, 0.15) is 5.75 Å². The van der Waals surface area contributed by atoms with E-state index in [1.807, 2.05) is 73.1 Å². The van der Waals surface area contributed by atoms with Crippen LogP contribution in [-0.2, 0) is 11.2 Å². The zero-order chi connectivity index (χ0) is 22.0. The van der Waals surface area contributed by atoms with Crippen LogP contribution in [0, 0.1) is 13.8 Å². The summed E-state index contributed by atoms with van der Waals surface area (Å²) in [4.78, 5) is 18.4. The van der Waals surface area contributed by atoms with Gasteiger partial charge in [0.15, 0.2) is 5.65 Å². The predicted molar refractivity (Wildman–Crippen MR) is 124 cm³/mol. The molecular weight excluding hydrogens is 408 g/mol. The van der Waals surface area contributed by atoms with Gasteiger partial charge in [-0.1, -0.05) is 18.2 Å². The van der Waals surface area contributed by atoms with Crippen molar-refractivity contribution in [1.82, 2.24) is 19.9 Å². The Kier molecular flexibility index (Phi) is 6.04. The molecule has 0 saturated heterocycles. The number of amides is 1. The SMILES string of the molecule is COc1ccccc1-c1cc2nc(C)c(CCC(=O)N[C@H](C)c3cccs3)c(C)n2n1. The highest BCUT2D eigenvalue weighted by atomic mass is 32.1. The van der Waals surface area contributed by atoms with Crippen LogP contribution in [0.15, 0.2) is 47.8 Å². The highest BCUT2D eigenvalue weighted by Crippen LogP contribution is 2.30. The Morgan fingerprint density at radius 2 is 2.03 bits per heavy atom. The number of para-hydroxylation sites is 1. The molecule has 0 fully saturated rings. The van der Waals surface area contributed by atoms with Crippen LogP contribution in [0.3, 0.4) is 0 Å². The van der Waals surface area contributed by atoms with Gasteiger partial charge in [0.2, 0.25) is 5.91 Å². The molecule has 0 aliphatic heterocycles. The monoisotopic (exact) mass is 434 g/mol. The van der Waals surface area contributed by atoms with E-state index in [9.17, 15) is 4.79 Å². The van der Waals surface area contributed by atoms with Crippen molar-refractivity contribution in [2.75, 3.05) is 7.11 Å². The van der Waals surface area contributed by atoms with Crippen molar-refractivity contribution in [1.29, 1.82) is 0 Å². The molecule has 0 radical (unpaired) electrons. The number of benzene rings is 1. The van der Waals surface area contributed by atoms with Crippen LogP contribution in [-0.4, -0.2) is 27.6 Å². The van der Waals surface area contributed by atoms with Crippen molar-refractivity contribution < 1.29 is 9.53 Å². The number of aromatic nitrogens is 3. The third kappa shape index (κ3) is 4.32. The minimum absolute atomic E-state index is 0.0184. The molecule has 7 heteroatoms. The average Bonchev–Trinajstić information content (AvgIpc) is 3.44. The molecule has 1 amide bonds. The number of hydrogen-bond acceptors (Lipinski definition) is 5. The second-order valence-electron chi connectivity index (χ2n) is 7.57. The smallest absolute Gasteiger partial charge is 0.220 e. The molecule has 4 aromatic rings. The topological polar surface area (TPSA) is 68.5 Å². The Morgan fingerprint density at radius 3 is 2.77 bits per heavy atom. The van der Waals surface area contributed by atoms with Gasteiger partial charge < -0.3 is 10.1 Å². The summed E-state index contributed by atoms with van der Waals surface area (Å²) in [6.07, 6.45) is 1.03. The Balaban J connectivity index is 1.55. The molecule has 0 unspecified atom stereocenters. The van der Waals surface area contributed by atoms with Crippen LogP contribution < -0.4 is 10.1 Å². The molecule has 1 N–H and O–H groups in total. The molecule has 0 aliphatic carbocycles. The highest BCUT2D eigenvalue weighted by molar-refractivity contribution is 7.10. The summed E-state index contributed by atoms with van der Waals surface area (Å²) in [5.74, 6) is 0.812. The maximum Gasteiger partial charge on any atom is 0.220 e. The van der Waals surface area contributed by atoms with Crippen molar-refractivity contribution in [3.05, 3.63) is 69.7 Å². The molecule has 4 rings (SSSR count). The minimum Gasteiger partial charge on any atom is -0.496 e. The number of hydrogen-bond donors (Lipinski definition) is 1. The summed E-state index contributed by atoms with van der Waals surface area (Å²) in [5.41, 5.74) is 5.51. The molecular formula is C24H26N4O2S. The maximum absolute atomic E-state index is 12.5. The fourth-order valence-electron chi connectivity index (χ4n) is 3.84.